The van der Waals surface area contributed by atoms with Gasteiger partial charge in [0, 0.05) is 36.6 Å². The molecule has 1 aliphatic rings. The minimum atomic E-state index is -0.464. The molecule has 0 radical (unpaired) electrons. The van der Waals surface area contributed by atoms with Gasteiger partial charge in [-0.25, -0.2) is 9.18 Å². The summed E-state index contributed by atoms with van der Waals surface area (Å²) in [6.07, 6.45) is 0.859. The van der Waals surface area contributed by atoms with E-state index in [2.05, 4.69) is 5.32 Å². The Morgan fingerprint density at radius 2 is 1.81 bits per heavy atom. The first kappa shape index (κ1) is 20.6. The third-order valence-electron chi connectivity index (χ3n) is 5.44. The lowest BCUT2D eigenvalue weighted by atomic mass is 10.1. The van der Waals surface area contributed by atoms with Gasteiger partial charge in [0.1, 0.15) is 5.82 Å². The first-order valence-corrected chi connectivity index (χ1v) is 10.3. The molecule has 0 bridgehead atoms. The molecule has 6 heteroatoms. The number of nitrogens with zero attached hydrogens (tertiary/aromatic N) is 2. The van der Waals surface area contributed by atoms with Crippen molar-refractivity contribution in [2.75, 3.05) is 23.3 Å². The van der Waals surface area contributed by atoms with Crippen molar-refractivity contribution in [3.8, 4) is 0 Å². The molecule has 0 aliphatic carbocycles. The molecule has 0 atom stereocenters. The fourth-order valence-corrected chi connectivity index (χ4v) is 3.75. The standard InChI is InChI=1S/C25H24FN3O2/c1-18-7-2-3-8-20(18)17-28-13-6-14-29(25(28)31)23-12-5-11-22(16-23)27-24(30)19-9-4-10-21(26)15-19/h2-5,7-12,15-16H,6,13-14,17H2,1H3,(H,27,30). The number of carbonyl (C=O) groups is 2. The van der Waals surface area contributed by atoms with E-state index in [-0.39, 0.29) is 11.6 Å². The predicted molar refractivity (Wildman–Crippen MR) is 120 cm³/mol. The zero-order chi connectivity index (χ0) is 21.8. The second kappa shape index (κ2) is 9.00. The fraction of sp³-hybridized carbons (Fsp3) is 0.200. The second-order valence-corrected chi connectivity index (χ2v) is 7.65. The van der Waals surface area contributed by atoms with Gasteiger partial charge in [-0.1, -0.05) is 36.4 Å². The summed E-state index contributed by atoms with van der Waals surface area (Å²) in [5, 5.41) is 2.78. The maximum absolute atomic E-state index is 13.4. The van der Waals surface area contributed by atoms with E-state index in [1.807, 2.05) is 42.2 Å². The van der Waals surface area contributed by atoms with E-state index in [4.69, 9.17) is 0 Å². The van der Waals surface area contributed by atoms with Crippen molar-refractivity contribution in [3.63, 3.8) is 0 Å². The molecule has 0 aromatic heterocycles. The Hall–Kier alpha value is -3.67. The van der Waals surface area contributed by atoms with Crippen LogP contribution in [0.4, 0.5) is 20.6 Å². The smallest absolute Gasteiger partial charge is 0.322 e. The molecule has 4 rings (SSSR count). The summed E-state index contributed by atoms with van der Waals surface area (Å²) in [7, 11) is 0. The van der Waals surface area contributed by atoms with Gasteiger partial charge in [0.15, 0.2) is 0 Å². The highest BCUT2D eigenvalue weighted by Crippen LogP contribution is 2.25. The van der Waals surface area contributed by atoms with Crippen LogP contribution in [0.25, 0.3) is 0 Å². The third kappa shape index (κ3) is 4.74. The molecule has 3 aromatic carbocycles. The van der Waals surface area contributed by atoms with Crippen molar-refractivity contribution in [2.45, 2.75) is 19.9 Å². The lowest BCUT2D eigenvalue weighted by molar-refractivity contribution is 0.102. The average Bonchev–Trinajstić information content (AvgIpc) is 2.77. The van der Waals surface area contributed by atoms with Gasteiger partial charge >= 0.3 is 6.03 Å². The van der Waals surface area contributed by atoms with Crippen molar-refractivity contribution < 1.29 is 14.0 Å². The monoisotopic (exact) mass is 417 g/mol. The number of anilines is 2. The molecular formula is C25H24FN3O2. The Morgan fingerprint density at radius 1 is 1.00 bits per heavy atom. The van der Waals surface area contributed by atoms with E-state index in [0.717, 1.165) is 23.2 Å². The van der Waals surface area contributed by atoms with Crippen molar-refractivity contribution in [1.29, 1.82) is 0 Å². The maximum atomic E-state index is 13.4. The van der Waals surface area contributed by atoms with Crippen LogP contribution in [0.3, 0.4) is 0 Å². The number of aryl methyl sites for hydroxylation is 1. The van der Waals surface area contributed by atoms with Crippen molar-refractivity contribution >= 4 is 23.3 Å². The van der Waals surface area contributed by atoms with Crippen LogP contribution < -0.4 is 10.2 Å². The van der Waals surface area contributed by atoms with Gasteiger partial charge in [0.25, 0.3) is 5.91 Å². The Balaban J connectivity index is 1.49. The minimum Gasteiger partial charge on any atom is -0.322 e. The number of urea groups is 1. The van der Waals surface area contributed by atoms with E-state index in [9.17, 15) is 14.0 Å². The van der Waals surface area contributed by atoms with Gasteiger partial charge in [-0.15, -0.1) is 0 Å². The molecule has 5 nitrogen and oxygen atoms in total. The van der Waals surface area contributed by atoms with Gasteiger partial charge in [-0.3, -0.25) is 9.69 Å². The first-order chi connectivity index (χ1) is 15.0. The third-order valence-corrected chi connectivity index (χ3v) is 5.44. The van der Waals surface area contributed by atoms with Gasteiger partial charge in [0.05, 0.1) is 0 Å². The van der Waals surface area contributed by atoms with Crippen molar-refractivity contribution in [3.05, 3.63) is 95.3 Å². The Morgan fingerprint density at radius 3 is 2.61 bits per heavy atom. The molecule has 0 spiro atoms. The molecule has 158 valence electrons. The number of nitrogens with one attached hydrogen (secondary N) is 1. The largest absolute Gasteiger partial charge is 0.324 e. The topological polar surface area (TPSA) is 52.6 Å². The normalized spacial score (nSPS) is 13.9. The highest BCUT2D eigenvalue weighted by Gasteiger charge is 2.27. The van der Waals surface area contributed by atoms with E-state index in [1.165, 1.54) is 18.2 Å². The second-order valence-electron chi connectivity index (χ2n) is 7.65. The molecule has 1 aliphatic heterocycles. The number of amides is 3. The van der Waals surface area contributed by atoms with E-state index in [0.29, 0.717) is 25.3 Å². The molecule has 1 N–H and O–H groups in total. The highest BCUT2D eigenvalue weighted by molar-refractivity contribution is 6.04. The van der Waals surface area contributed by atoms with Gasteiger partial charge in [-0.2, -0.15) is 0 Å². The summed E-state index contributed by atoms with van der Waals surface area (Å²) in [6, 6.07) is 20.7. The number of halogens is 1. The van der Waals surface area contributed by atoms with Gasteiger partial charge < -0.3 is 10.2 Å². The molecule has 31 heavy (non-hydrogen) atoms. The molecular weight excluding hydrogens is 393 g/mol. The Kier molecular flexibility index (Phi) is 5.98. The molecule has 3 aromatic rings. The van der Waals surface area contributed by atoms with Crippen LogP contribution in [-0.4, -0.2) is 29.9 Å². The minimum absolute atomic E-state index is 0.0527. The number of carbonyl (C=O) groups excluding carboxylic acids is 2. The van der Waals surface area contributed by atoms with E-state index < -0.39 is 11.7 Å². The molecule has 1 fully saturated rings. The summed E-state index contributed by atoms with van der Waals surface area (Å²) >= 11 is 0. The Labute approximate surface area is 181 Å². The number of hydrogen-bond acceptors (Lipinski definition) is 2. The SMILES string of the molecule is Cc1ccccc1CN1CCCN(c2cccc(NC(=O)c3cccc(F)c3)c2)C1=O. The number of hydrogen-bond donors (Lipinski definition) is 1. The Bertz CT molecular complexity index is 1120. The molecule has 0 saturated carbocycles. The lowest BCUT2D eigenvalue weighted by Gasteiger charge is -2.36. The van der Waals surface area contributed by atoms with Gasteiger partial charge in [-0.05, 0) is 60.9 Å². The fourth-order valence-electron chi connectivity index (χ4n) is 3.75. The van der Waals surface area contributed by atoms with Crippen LogP contribution in [0.1, 0.15) is 27.9 Å². The van der Waals surface area contributed by atoms with Crippen LogP contribution in [0.15, 0.2) is 72.8 Å². The maximum Gasteiger partial charge on any atom is 0.324 e. The average molecular weight is 417 g/mol. The first-order valence-electron chi connectivity index (χ1n) is 10.3. The quantitative estimate of drug-likeness (QED) is 0.619. The zero-order valence-electron chi connectivity index (χ0n) is 17.3. The lowest BCUT2D eigenvalue weighted by Crippen LogP contribution is -2.49. The molecule has 0 unspecified atom stereocenters. The number of benzene rings is 3. The van der Waals surface area contributed by atoms with Crippen molar-refractivity contribution in [1.82, 2.24) is 4.90 Å². The van der Waals surface area contributed by atoms with Crippen LogP contribution in [-0.2, 0) is 6.54 Å². The van der Waals surface area contributed by atoms with Crippen molar-refractivity contribution in [2.24, 2.45) is 0 Å². The molecule has 1 saturated heterocycles. The summed E-state index contributed by atoms with van der Waals surface area (Å²) in [5.41, 5.74) is 3.80. The van der Waals surface area contributed by atoms with Gasteiger partial charge in [0.2, 0.25) is 0 Å². The summed E-state index contributed by atoms with van der Waals surface area (Å²) in [4.78, 5) is 29.2. The molecule has 1 heterocycles. The molecule has 3 amide bonds. The van der Waals surface area contributed by atoms with Crippen LogP contribution in [0.2, 0.25) is 0 Å². The summed E-state index contributed by atoms with van der Waals surface area (Å²) in [5.74, 6) is -0.864. The highest BCUT2D eigenvalue weighted by atomic mass is 19.1. The van der Waals surface area contributed by atoms with Crippen LogP contribution in [0, 0.1) is 12.7 Å². The number of rotatable bonds is 5. The summed E-state index contributed by atoms with van der Waals surface area (Å²) in [6.45, 7) is 3.94. The summed E-state index contributed by atoms with van der Waals surface area (Å²) < 4.78 is 13.4. The van der Waals surface area contributed by atoms with Crippen LogP contribution in [0.5, 0.6) is 0 Å². The van der Waals surface area contributed by atoms with E-state index in [1.54, 1.807) is 29.2 Å². The predicted octanol–water partition coefficient (Wildman–Crippen LogP) is 5.22. The zero-order valence-corrected chi connectivity index (χ0v) is 17.3. The van der Waals surface area contributed by atoms with E-state index >= 15 is 0 Å². The van der Waals surface area contributed by atoms with Crippen LogP contribution >= 0.6 is 0 Å².